The Balaban J connectivity index is 1.94. The first-order valence-electron chi connectivity index (χ1n) is 20.7. The van der Waals surface area contributed by atoms with E-state index in [-0.39, 0.29) is 44.7 Å². The molecule has 2 aromatic carbocycles. The maximum atomic E-state index is 14.6. The Morgan fingerprint density at radius 1 is 0.918 bits per heavy atom. The number of Topliss-reactive ketones (excluding diaryl/α,β-unsaturated/α-hetero) is 1. The monoisotopic (exact) mass is 853 g/mol. The number of hydrazine groups is 1. The highest BCUT2D eigenvalue weighted by Gasteiger charge is 2.50. The summed E-state index contributed by atoms with van der Waals surface area (Å²) >= 11 is 0. The second-order valence-electron chi connectivity index (χ2n) is 15.9. The molecule has 0 aliphatic carbocycles. The van der Waals surface area contributed by atoms with Gasteiger partial charge in [-0.1, -0.05) is 59.8 Å². The third kappa shape index (κ3) is 9.98. The van der Waals surface area contributed by atoms with E-state index in [1.807, 2.05) is 25.8 Å². The number of methoxy groups -OCH3 is 1. The quantitative estimate of drug-likeness (QED) is 0.119. The van der Waals surface area contributed by atoms with Crippen LogP contribution in [0.2, 0.25) is 0 Å². The molecule has 3 heterocycles. The Labute approximate surface area is 357 Å². The van der Waals surface area contributed by atoms with Crippen LogP contribution in [0.1, 0.15) is 85.2 Å². The van der Waals surface area contributed by atoms with Crippen molar-refractivity contribution in [3.8, 4) is 23.0 Å². The fraction of sp³-hybridized carbons (Fsp3) is 0.556. The van der Waals surface area contributed by atoms with E-state index in [0.717, 1.165) is 0 Å². The number of ether oxygens (including phenoxy) is 5. The second-order valence-corrected chi connectivity index (χ2v) is 15.9. The zero-order chi connectivity index (χ0) is 45.7. The minimum Gasteiger partial charge on any atom is -0.507 e. The van der Waals surface area contributed by atoms with Crippen LogP contribution in [0.3, 0.4) is 0 Å². The van der Waals surface area contributed by atoms with Crippen molar-refractivity contribution in [2.24, 2.45) is 23.7 Å². The van der Waals surface area contributed by atoms with Gasteiger partial charge in [0.1, 0.15) is 23.4 Å². The number of aliphatic hydroxyl groups excluding tert-OH is 2. The molecule has 5 bridgehead atoms. The average molecular weight is 854 g/mol. The number of allylic oxidation sites excluding steroid dienone is 2. The SMILES string of the molecule is CCN(CC)N(CC)C(=O)COc1cc2c(O)c3c(O)c(C)c4c(c13)C(=O)[C@@](C)(O/C=C/[C@H](OC)[C@H](C)[C@@H](OC(C)=O)[C@@H](C)[C@H](O)[C@H](C)[C@@H](O)[C@@H](C)/C=C/C=C(/C)C(=O)N2)O4. The Morgan fingerprint density at radius 3 is 2.16 bits per heavy atom. The number of hydrogen-bond donors (Lipinski definition) is 5. The second kappa shape index (κ2) is 20.1. The topological polar surface area (TPSA) is 214 Å². The molecule has 16 heteroatoms. The van der Waals surface area contributed by atoms with E-state index in [1.165, 1.54) is 64.3 Å². The average Bonchev–Trinajstić information content (AvgIpc) is 3.49. The molecule has 3 aliphatic heterocycles. The van der Waals surface area contributed by atoms with Crippen LogP contribution in [0.25, 0.3) is 10.8 Å². The molecule has 9 atom stereocenters. The van der Waals surface area contributed by atoms with Crippen LogP contribution in [-0.4, -0.2) is 118 Å². The number of phenolic OH excluding ortho intramolecular Hbond substituents is 2. The number of carbonyl (C=O) groups is 4. The number of likely N-dealkylation sites (N-methyl/N-ethyl adjacent to an activating group) is 1. The van der Waals surface area contributed by atoms with E-state index >= 15 is 0 Å². The number of hydrogen-bond acceptors (Lipinski definition) is 14. The van der Waals surface area contributed by atoms with Crippen LogP contribution in [0.5, 0.6) is 23.0 Å². The number of esters is 1. The Kier molecular flexibility index (Phi) is 16.0. The summed E-state index contributed by atoms with van der Waals surface area (Å²) in [6.45, 7) is 19.1. The summed E-state index contributed by atoms with van der Waals surface area (Å²) in [5.74, 6) is -8.12. The number of nitrogens with one attached hydrogen (secondary N) is 1. The molecule has 16 nitrogen and oxygen atoms in total. The molecule has 3 aliphatic rings. The number of anilines is 1. The third-order valence-corrected chi connectivity index (χ3v) is 11.8. The number of nitrogens with zero attached hydrogens (tertiary/aromatic N) is 2. The molecule has 0 fully saturated rings. The summed E-state index contributed by atoms with van der Waals surface area (Å²) in [5.41, 5.74) is -0.0287. The van der Waals surface area contributed by atoms with Crippen molar-refractivity contribution in [1.29, 1.82) is 0 Å². The van der Waals surface area contributed by atoms with E-state index in [1.54, 1.807) is 39.8 Å². The molecule has 0 saturated heterocycles. The van der Waals surface area contributed by atoms with E-state index in [0.29, 0.717) is 19.6 Å². The highest BCUT2D eigenvalue weighted by molar-refractivity contribution is 6.21. The minimum atomic E-state index is -2.03. The predicted octanol–water partition coefficient (Wildman–Crippen LogP) is 5.53. The van der Waals surface area contributed by atoms with Gasteiger partial charge >= 0.3 is 11.8 Å². The number of amides is 2. The summed E-state index contributed by atoms with van der Waals surface area (Å²) < 4.78 is 29.9. The van der Waals surface area contributed by atoms with Gasteiger partial charge in [-0.3, -0.25) is 24.2 Å². The number of ketones is 1. The molecular weight excluding hydrogens is 791 g/mol. The van der Waals surface area contributed by atoms with Gasteiger partial charge in [0.15, 0.2) is 12.4 Å². The molecule has 0 radical (unpaired) electrons. The highest BCUT2D eigenvalue weighted by atomic mass is 16.7. The van der Waals surface area contributed by atoms with E-state index in [9.17, 15) is 39.6 Å². The molecule has 0 spiro atoms. The van der Waals surface area contributed by atoms with E-state index in [2.05, 4.69) is 5.32 Å². The van der Waals surface area contributed by atoms with Crippen molar-refractivity contribution < 1.29 is 63.3 Å². The van der Waals surface area contributed by atoms with Crippen LogP contribution in [-0.2, 0) is 28.6 Å². The molecule has 0 saturated carbocycles. The molecule has 61 heavy (non-hydrogen) atoms. The molecule has 2 aromatic rings. The van der Waals surface area contributed by atoms with Crippen LogP contribution in [0.15, 0.2) is 42.2 Å². The van der Waals surface area contributed by atoms with Crippen molar-refractivity contribution in [2.75, 3.05) is 38.7 Å². The summed E-state index contributed by atoms with van der Waals surface area (Å²) in [6, 6.07) is 1.27. The van der Waals surface area contributed by atoms with Gasteiger partial charge in [-0.2, -0.15) is 0 Å². The number of aliphatic hydroxyl groups is 2. The predicted molar refractivity (Wildman–Crippen MR) is 228 cm³/mol. The lowest BCUT2D eigenvalue weighted by atomic mass is 9.78. The van der Waals surface area contributed by atoms with Gasteiger partial charge in [-0.25, -0.2) is 5.01 Å². The van der Waals surface area contributed by atoms with Gasteiger partial charge in [-0.05, 0) is 26.8 Å². The minimum absolute atomic E-state index is 0.0624. The molecular formula is C45H63N3O13. The highest BCUT2D eigenvalue weighted by Crippen LogP contribution is 2.54. The maximum absolute atomic E-state index is 14.6. The standard InChI is InChI=1S/C45H63N3O13/c1-13-47(14-2)48(15-3)33(50)22-58-32-21-30-40(54)35-34(32)36-42(28(9)39(35)53)61-45(11,43(36)55)59-20-19-31(57-12)25(6)41(60-29(10)49)27(8)38(52)26(7)37(51)23(4)17-16-18-24(5)44(56)46-30/h16-21,23,25-27,31,37-38,41,51-54H,13-15,22H2,1-12H3,(H,46,56)/b17-16+,20-19+,24-18-/t23-,25-,26+,27-,31-,37-,38+,41+,45-/m0/s1. The van der Waals surface area contributed by atoms with E-state index in [4.69, 9.17) is 23.7 Å². The fourth-order valence-electron chi connectivity index (χ4n) is 8.06. The van der Waals surface area contributed by atoms with Gasteiger partial charge in [-0.15, -0.1) is 0 Å². The normalized spacial score (nSPS) is 29.3. The summed E-state index contributed by atoms with van der Waals surface area (Å²) in [4.78, 5) is 54.1. The molecule has 2 amide bonds. The molecule has 336 valence electrons. The summed E-state index contributed by atoms with van der Waals surface area (Å²) in [6.07, 6.45) is 3.59. The van der Waals surface area contributed by atoms with Gasteiger partial charge in [0, 0.05) is 86.9 Å². The first-order chi connectivity index (χ1) is 28.7. The van der Waals surface area contributed by atoms with Crippen molar-refractivity contribution in [2.45, 2.75) is 106 Å². The van der Waals surface area contributed by atoms with Gasteiger partial charge in [0.2, 0.25) is 0 Å². The number of fused-ring (bicyclic) bond motifs is 14. The first kappa shape index (κ1) is 48.5. The van der Waals surface area contributed by atoms with Crippen LogP contribution >= 0.6 is 0 Å². The fourth-order valence-corrected chi connectivity index (χ4v) is 8.06. The third-order valence-electron chi connectivity index (χ3n) is 11.8. The Bertz CT molecular complexity index is 2060. The largest absolute Gasteiger partial charge is 0.507 e. The van der Waals surface area contributed by atoms with Crippen molar-refractivity contribution in [1.82, 2.24) is 10.0 Å². The van der Waals surface area contributed by atoms with Gasteiger partial charge in [0.25, 0.3) is 17.6 Å². The Morgan fingerprint density at radius 2 is 1.57 bits per heavy atom. The van der Waals surface area contributed by atoms with Crippen molar-refractivity contribution >= 4 is 40.0 Å². The maximum Gasteiger partial charge on any atom is 0.312 e. The number of aromatic hydroxyl groups is 2. The molecule has 5 N–H and O–H groups in total. The van der Waals surface area contributed by atoms with Crippen molar-refractivity contribution in [3.05, 3.63) is 53.3 Å². The summed E-state index contributed by atoms with van der Waals surface area (Å²) in [7, 11) is 1.44. The zero-order valence-corrected chi connectivity index (χ0v) is 37.3. The first-order valence-corrected chi connectivity index (χ1v) is 20.7. The number of phenols is 2. The molecule has 5 rings (SSSR count). The molecule has 0 aromatic heterocycles. The smallest absolute Gasteiger partial charge is 0.312 e. The lowest BCUT2D eigenvalue weighted by Gasteiger charge is -2.38. The van der Waals surface area contributed by atoms with Gasteiger partial charge in [0.05, 0.1) is 41.2 Å². The lowest BCUT2D eigenvalue weighted by Crippen LogP contribution is -2.48. The van der Waals surface area contributed by atoms with E-state index < -0.39 is 95.5 Å². The van der Waals surface area contributed by atoms with Crippen LogP contribution in [0, 0.1) is 30.6 Å². The Hall–Kier alpha value is -5.16. The summed E-state index contributed by atoms with van der Waals surface area (Å²) in [5, 5.41) is 52.0. The number of benzene rings is 2. The van der Waals surface area contributed by atoms with Crippen LogP contribution < -0.4 is 14.8 Å². The zero-order valence-electron chi connectivity index (χ0n) is 37.3. The van der Waals surface area contributed by atoms with Gasteiger partial charge < -0.3 is 49.4 Å². The molecule has 0 unspecified atom stereocenters. The lowest BCUT2D eigenvalue weighted by molar-refractivity contribution is -0.160. The number of rotatable bonds is 9. The van der Waals surface area contributed by atoms with Crippen LogP contribution in [0.4, 0.5) is 5.69 Å². The number of carbonyl (C=O) groups excluding carboxylic acids is 4. The van der Waals surface area contributed by atoms with Crippen molar-refractivity contribution in [3.63, 3.8) is 0 Å².